The SMILES string of the molecule is C#C/C=c1\c(=C/C)n(-c2ccccc2)c2ccc(-c3cccc(-c4ccc5c6ccccc6c6ccccc6c5c4)c3)cc12. The van der Waals surface area contributed by atoms with Crippen LogP contribution in [-0.2, 0) is 0 Å². The Morgan fingerprint density at radius 3 is 1.64 bits per heavy atom. The molecule has 1 aromatic heterocycles. The second kappa shape index (κ2) is 10.5. The van der Waals surface area contributed by atoms with E-state index in [1.807, 2.05) is 12.1 Å². The molecule has 7 aromatic carbocycles. The first-order valence-electron chi connectivity index (χ1n) is 15.0. The minimum Gasteiger partial charge on any atom is -0.310 e. The summed E-state index contributed by atoms with van der Waals surface area (Å²) in [7, 11) is 0. The summed E-state index contributed by atoms with van der Waals surface area (Å²) in [4.78, 5) is 0. The van der Waals surface area contributed by atoms with Gasteiger partial charge in [0.25, 0.3) is 0 Å². The van der Waals surface area contributed by atoms with Crippen LogP contribution in [0.25, 0.3) is 83.3 Å². The van der Waals surface area contributed by atoms with Gasteiger partial charge in [-0.05, 0) is 104 Å². The molecule has 0 unspecified atom stereocenters. The molecule has 0 aliphatic heterocycles. The quantitative estimate of drug-likeness (QED) is 0.150. The number of terminal acetylenes is 1. The Hall–Kier alpha value is -5.84. The van der Waals surface area contributed by atoms with Crippen LogP contribution in [0.2, 0.25) is 0 Å². The summed E-state index contributed by atoms with van der Waals surface area (Å²) in [6.07, 6.45) is 9.86. The van der Waals surface area contributed by atoms with Gasteiger partial charge >= 0.3 is 0 Å². The number of hydrogen-bond donors (Lipinski definition) is 0. The van der Waals surface area contributed by atoms with Crippen LogP contribution in [-0.4, -0.2) is 4.57 Å². The molecule has 8 rings (SSSR count). The molecule has 0 N–H and O–H groups in total. The number of para-hydroxylation sites is 1. The zero-order chi connectivity index (χ0) is 29.6. The molecule has 0 saturated carbocycles. The van der Waals surface area contributed by atoms with Gasteiger partial charge in [0.1, 0.15) is 0 Å². The molecule has 0 spiro atoms. The summed E-state index contributed by atoms with van der Waals surface area (Å²) < 4.78 is 2.29. The number of nitrogens with zero attached hydrogens (tertiary/aromatic N) is 1. The minimum absolute atomic E-state index is 1.07. The van der Waals surface area contributed by atoms with Gasteiger partial charge in [0.2, 0.25) is 0 Å². The molecule has 0 aliphatic carbocycles. The summed E-state index contributed by atoms with van der Waals surface area (Å²) in [5, 5.41) is 11.1. The molecular formula is C43H29N. The molecule has 0 radical (unpaired) electrons. The van der Waals surface area contributed by atoms with Crippen LogP contribution in [0.5, 0.6) is 0 Å². The van der Waals surface area contributed by atoms with Crippen molar-refractivity contribution in [3.05, 3.63) is 150 Å². The molecule has 1 heterocycles. The lowest BCUT2D eigenvalue weighted by Gasteiger charge is -2.12. The predicted octanol–water partition coefficient (Wildman–Crippen LogP) is 9.64. The number of rotatable bonds is 3. The van der Waals surface area contributed by atoms with Crippen LogP contribution in [0, 0.1) is 12.3 Å². The van der Waals surface area contributed by atoms with E-state index in [-0.39, 0.29) is 0 Å². The molecular weight excluding hydrogens is 530 g/mol. The van der Waals surface area contributed by atoms with Crippen molar-refractivity contribution in [3.8, 4) is 40.3 Å². The fraction of sp³-hybridized carbons (Fsp3) is 0.0233. The monoisotopic (exact) mass is 559 g/mol. The van der Waals surface area contributed by atoms with E-state index in [9.17, 15) is 0 Å². The van der Waals surface area contributed by atoms with E-state index >= 15 is 0 Å². The lowest BCUT2D eigenvalue weighted by molar-refractivity contribution is 1.07. The smallest absolute Gasteiger partial charge is 0.0541 e. The van der Waals surface area contributed by atoms with Gasteiger partial charge in [-0.25, -0.2) is 0 Å². The molecule has 0 amide bonds. The van der Waals surface area contributed by atoms with Crippen molar-refractivity contribution in [1.29, 1.82) is 0 Å². The van der Waals surface area contributed by atoms with Crippen molar-refractivity contribution in [2.45, 2.75) is 6.92 Å². The van der Waals surface area contributed by atoms with Gasteiger partial charge in [0.15, 0.2) is 0 Å². The van der Waals surface area contributed by atoms with Gasteiger partial charge in [0, 0.05) is 16.3 Å². The van der Waals surface area contributed by atoms with Crippen LogP contribution in [0.1, 0.15) is 6.92 Å². The second-order valence-electron chi connectivity index (χ2n) is 11.2. The third-order valence-electron chi connectivity index (χ3n) is 8.83. The van der Waals surface area contributed by atoms with Gasteiger partial charge < -0.3 is 4.57 Å². The number of fused-ring (bicyclic) bond motifs is 7. The fourth-order valence-electron chi connectivity index (χ4n) is 6.85. The number of hydrogen-bond acceptors (Lipinski definition) is 0. The van der Waals surface area contributed by atoms with Crippen molar-refractivity contribution in [2.75, 3.05) is 0 Å². The zero-order valence-electron chi connectivity index (χ0n) is 24.5. The average molecular weight is 560 g/mol. The summed E-state index contributed by atoms with van der Waals surface area (Å²) in [6.45, 7) is 2.07. The first kappa shape index (κ1) is 25.8. The summed E-state index contributed by atoms with van der Waals surface area (Å²) in [5.74, 6) is 2.79. The van der Waals surface area contributed by atoms with E-state index in [1.54, 1.807) is 0 Å². The summed E-state index contributed by atoms with van der Waals surface area (Å²) in [6, 6.07) is 50.4. The highest BCUT2D eigenvalue weighted by Crippen LogP contribution is 2.37. The minimum atomic E-state index is 1.07. The van der Waals surface area contributed by atoms with Crippen molar-refractivity contribution in [3.63, 3.8) is 0 Å². The molecule has 8 aromatic rings. The Labute approximate surface area is 256 Å². The van der Waals surface area contributed by atoms with Crippen molar-refractivity contribution in [2.24, 2.45) is 0 Å². The second-order valence-corrected chi connectivity index (χ2v) is 11.2. The molecule has 0 atom stereocenters. The Morgan fingerprint density at radius 2 is 1.02 bits per heavy atom. The van der Waals surface area contributed by atoms with Crippen LogP contribution in [0.3, 0.4) is 0 Å². The maximum atomic E-state index is 5.83. The highest BCUT2D eigenvalue weighted by molar-refractivity contribution is 6.25. The van der Waals surface area contributed by atoms with E-state index in [0.29, 0.717) is 0 Å². The maximum Gasteiger partial charge on any atom is 0.0541 e. The van der Waals surface area contributed by atoms with Crippen LogP contribution in [0.15, 0.2) is 140 Å². The zero-order valence-corrected chi connectivity index (χ0v) is 24.5. The van der Waals surface area contributed by atoms with Crippen LogP contribution >= 0.6 is 0 Å². The maximum absolute atomic E-state index is 5.83. The third kappa shape index (κ3) is 4.04. The molecule has 0 saturated heterocycles. The first-order valence-corrected chi connectivity index (χ1v) is 15.0. The van der Waals surface area contributed by atoms with Gasteiger partial charge in [0.05, 0.1) is 10.9 Å². The Balaban J connectivity index is 1.30. The van der Waals surface area contributed by atoms with E-state index in [2.05, 4.69) is 157 Å². The largest absolute Gasteiger partial charge is 0.310 e. The van der Waals surface area contributed by atoms with E-state index in [1.165, 1.54) is 49.0 Å². The molecule has 1 nitrogen and oxygen atoms in total. The van der Waals surface area contributed by atoms with Gasteiger partial charge in [-0.1, -0.05) is 115 Å². The number of aromatic nitrogens is 1. The predicted molar refractivity (Wildman–Crippen MR) is 189 cm³/mol. The first-order chi connectivity index (χ1) is 21.7. The average Bonchev–Trinajstić information content (AvgIpc) is 3.41. The molecule has 44 heavy (non-hydrogen) atoms. The Bertz CT molecular complexity index is 2520. The van der Waals surface area contributed by atoms with Gasteiger partial charge in [-0.3, -0.25) is 0 Å². The molecule has 1 heteroatoms. The molecule has 0 aliphatic rings. The van der Waals surface area contributed by atoms with E-state index in [0.717, 1.165) is 32.7 Å². The highest BCUT2D eigenvalue weighted by atomic mass is 15.0. The Kier molecular flexibility index (Phi) is 6.14. The lowest BCUT2D eigenvalue weighted by Crippen LogP contribution is -2.27. The van der Waals surface area contributed by atoms with E-state index in [4.69, 9.17) is 6.42 Å². The molecule has 0 bridgehead atoms. The molecule has 206 valence electrons. The number of benzene rings is 7. The molecule has 0 fully saturated rings. The topological polar surface area (TPSA) is 4.93 Å². The van der Waals surface area contributed by atoms with Gasteiger partial charge in [-0.15, -0.1) is 6.42 Å². The summed E-state index contributed by atoms with van der Waals surface area (Å²) in [5.41, 5.74) is 7.00. The van der Waals surface area contributed by atoms with Crippen molar-refractivity contribution in [1.82, 2.24) is 4.57 Å². The summed E-state index contributed by atoms with van der Waals surface area (Å²) >= 11 is 0. The Morgan fingerprint density at radius 1 is 0.500 bits per heavy atom. The van der Waals surface area contributed by atoms with Crippen LogP contribution < -0.4 is 10.6 Å². The van der Waals surface area contributed by atoms with Crippen molar-refractivity contribution >= 4 is 55.4 Å². The standard InChI is InChI=1S/C43H29N/c1-3-13-39-41-28-32(23-25-43(41)44(42(39)4-2)33-16-6-5-7-17-33)30-15-12-14-29(26-30)31-22-24-38-36-20-9-8-18-34(36)35-19-10-11-21-37(35)40(38)27-31/h1,4-28H,2H3/b39-13-,42-4+. The van der Waals surface area contributed by atoms with Crippen molar-refractivity contribution < 1.29 is 0 Å². The lowest BCUT2D eigenvalue weighted by atomic mass is 9.91. The fourth-order valence-corrected chi connectivity index (χ4v) is 6.85. The third-order valence-corrected chi connectivity index (χ3v) is 8.83. The van der Waals surface area contributed by atoms with Gasteiger partial charge in [-0.2, -0.15) is 0 Å². The van der Waals surface area contributed by atoms with Crippen LogP contribution in [0.4, 0.5) is 0 Å². The highest BCUT2D eigenvalue weighted by Gasteiger charge is 2.13. The normalized spacial score (nSPS) is 12.5. The van der Waals surface area contributed by atoms with E-state index < -0.39 is 0 Å².